The molecule has 0 amide bonds. The Bertz CT molecular complexity index is 614. The zero-order chi connectivity index (χ0) is 12.7. The van der Waals surface area contributed by atoms with Crippen LogP contribution < -0.4 is 0 Å². The molecule has 94 valence electrons. The van der Waals surface area contributed by atoms with Crippen LogP contribution in [0.25, 0.3) is 0 Å². The number of hydrogen-bond donors (Lipinski definition) is 1. The summed E-state index contributed by atoms with van der Waals surface area (Å²) in [7, 11) is 0. The highest BCUT2D eigenvalue weighted by atomic mass is 35.5. The van der Waals surface area contributed by atoms with Gasteiger partial charge in [-0.05, 0) is 49.2 Å². The molecule has 1 aliphatic carbocycles. The fourth-order valence-electron chi connectivity index (χ4n) is 2.48. The molecule has 0 radical (unpaired) electrons. The number of aromatic nitrogens is 3. The van der Waals surface area contributed by atoms with Crippen LogP contribution in [0.4, 0.5) is 0 Å². The van der Waals surface area contributed by atoms with Crippen molar-refractivity contribution < 1.29 is 0 Å². The van der Waals surface area contributed by atoms with Gasteiger partial charge in [0.2, 0.25) is 0 Å². The molecular formula is C13H14ClN3S. The molecule has 1 aromatic heterocycles. The second-order valence-electron chi connectivity index (χ2n) is 4.63. The van der Waals surface area contributed by atoms with Gasteiger partial charge >= 0.3 is 0 Å². The molecule has 0 saturated heterocycles. The first kappa shape index (κ1) is 11.9. The molecule has 1 fully saturated rings. The summed E-state index contributed by atoms with van der Waals surface area (Å²) in [5.41, 5.74) is 1.33. The maximum absolute atomic E-state index is 5.91. The monoisotopic (exact) mass is 279 g/mol. The number of nitrogens with zero attached hydrogens (tertiary/aromatic N) is 2. The van der Waals surface area contributed by atoms with Crippen LogP contribution in [0.1, 0.15) is 36.6 Å². The number of rotatable bonds is 3. The minimum Gasteiger partial charge on any atom is -0.304 e. The molecule has 1 heterocycles. The molecule has 0 aliphatic heterocycles. The van der Waals surface area contributed by atoms with Gasteiger partial charge in [0.05, 0.1) is 0 Å². The van der Waals surface area contributed by atoms with E-state index in [1.165, 1.54) is 5.56 Å². The van der Waals surface area contributed by atoms with Crippen LogP contribution >= 0.6 is 23.8 Å². The van der Waals surface area contributed by atoms with E-state index >= 15 is 0 Å². The van der Waals surface area contributed by atoms with Crippen molar-refractivity contribution in [2.45, 2.75) is 31.7 Å². The SMILES string of the molecule is CCn1c([C@@H]2C[C@H]2c2ccc(Cl)cc2)n[nH]c1=S. The minimum atomic E-state index is 0.485. The van der Waals surface area contributed by atoms with Crippen molar-refractivity contribution in [1.29, 1.82) is 0 Å². The molecule has 3 rings (SSSR count). The van der Waals surface area contributed by atoms with Gasteiger partial charge in [-0.25, -0.2) is 0 Å². The first-order valence-electron chi connectivity index (χ1n) is 6.11. The van der Waals surface area contributed by atoms with Crippen molar-refractivity contribution >= 4 is 23.8 Å². The fraction of sp³-hybridized carbons (Fsp3) is 0.385. The van der Waals surface area contributed by atoms with Crippen molar-refractivity contribution in [3.63, 3.8) is 0 Å². The van der Waals surface area contributed by atoms with E-state index in [1.54, 1.807) is 0 Å². The maximum atomic E-state index is 5.91. The lowest BCUT2D eigenvalue weighted by molar-refractivity contribution is 0.687. The maximum Gasteiger partial charge on any atom is 0.195 e. The molecule has 5 heteroatoms. The van der Waals surface area contributed by atoms with Crippen molar-refractivity contribution in [2.75, 3.05) is 0 Å². The van der Waals surface area contributed by atoms with Crippen LogP contribution in [-0.4, -0.2) is 14.8 Å². The summed E-state index contributed by atoms with van der Waals surface area (Å²) < 4.78 is 2.80. The molecule has 1 aliphatic rings. The molecule has 2 atom stereocenters. The Morgan fingerprint density at radius 3 is 2.78 bits per heavy atom. The van der Waals surface area contributed by atoms with Crippen molar-refractivity contribution in [2.24, 2.45) is 0 Å². The summed E-state index contributed by atoms with van der Waals surface area (Å²) >= 11 is 11.1. The third kappa shape index (κ3) is 1.99. The third-order valence-corrected chi connectivity index (χ3v) is 4.09. The van der Waals surface area contributed by atoms with Gasteiger partial charge in [-0.3, -0.25) is 5.10 Å². The number of H-pyrrole nitrogens is 1. The highest BCUT2D eigenvalue weighted by Crippen LogP contribution is 2.54. The van der Waals surface area contributed by atoms with E-state index in [9.17, 15) is 0 Å². The summed E-state index contributed by atoms with van der Waals surface area (Å²) in [5, 5.41) is 8.03. The van der Waals surface area contributed by atoms with E-state index < -0.39 is 0 Å². The highest BCUT2D eigenvalue weighted by Gasteiger charge is 2.42. The Hall–Kier alpha value is -1.13. The van der Waals surface area contributed by atoms with E-state index in [-0.39, 0.29) is 0 Å². The first-order chi connectivity index (χ1) is 8.70. The molecule has 0 bridgehead atoms. The lowest BCUT2D eigenvalue weighted by Gasteiger charge is -2.03. The normalized spacial score (nSPS) is 22.1. The summed E-state index contributed by atoms with van der Waals surface area (Å²) in [6.07, 6.45) is 1.14. The van der Waals surface area contributed by atoms with Gasteiger partial charge in [0.25, 0.3) is 0 Å². The van der Waals surface area contributed by atoms with Crippen LogP contribution in [0.2, 0.25) is 5.02 Å². The molecule has 2 aromatic rings. The molecule has 1 aromatic carbocycles. The Morgan fingerprint density at radius 2 is 2.11 bits per heavy atom. The van der Waals surface area contributed by atoms with E-state index in [0.717, 1.165) is 23.8 Å². The lowest BCUT2D eigenvalue weighted by Crippen LogP contribution is -2.01. The number of halogens is 1. The van der Waals surface area contributed by atoms with Crippen LogP contribution in [0.3, 0.4) is 0 Å². The van der Waals surface area contributed by atoms with Crippen LogP contribution in [0.15, 0.2) is 24.3 Å². The third-order valence-electron chi connectivity index (χ3n) is 3.52. The van der Waals surface area contributed by atoms with Gasteiger partial charge in [0, 0.05) is 17.5 Å². The standard InChI is InChI=1S/C13H14ClN3S/c1-2-17-12(15-16-13(17)18)11-7-10(11)8-3-5-9(14)6-4-8/h3-6,10-11H,2,7H2,1H3,(H,16,18)/t10-,11+/m0/s1. The van der Waals surface area contributed by atoms with Gasteiger partial charge in [-0.15, -0.1) is 0 Å². The molecule has 1 saturated carbocycles. The number of hydrogen-bond acceptors (Lipinski definition) is 2. The Kier molecular flexibility index (Phi) is 2.99. The first-order valence-corrected chi connectivity index (χ1v) is 6.90. The average Bonchev–Trinajstić information content (AvgIpc) is 3.07. The minimum absolute atomic E-state index is 0.485. The topological polar surface area (TPSA) is 33.6 Å². The number of aromatic amines is 1. The molecule has 18 heavy (non-hydrogen) atoms. The molecular weight excluding hydrogens is 266 g/mol. The summed E-state index contributed by atoms with van der Waals surface area (Å²) in [6.45, 7) is 2.96. The van der Waals surface area contributed by atoms with Crippen LogP contribution in [-0.2, 0) is 6.54 Å². The van der Waals surface area contributed by atoms with E-state index in [2.05, 4.69) is 33.8 Å². The quantitative estimate of drug-likeness (QED) is 0.865. The zero-order valence-corrected chi connectivity index (χ0v) is 11.6. The molecule has 0 spiro atoms. The van der Waals surface area contributed by atoms with Gasteiger partial charge in [-0.1, -0.05) is 23.7 Å². The average molecular weight is 280 g/mol. The molecule has 1 N–H and O–H groups in total. The summed E-state index contributed by atoms with van der Waals surface area (Å²) in [4.78, 5) is 0. The van der Waals surface area contributed by atoms with Crippen LogP contribution in [0, 0.1) is 4.77 Å². The fourth-order valence-corrected chi connectivity index (χ4v) is 2.87. The number of nitrogens with one attached hydrogen (secondary N) is 1. The second-order valence-corrected chi connectivity index (χ2v) is 5.45. The largest absolute Gasteiger partial charge is 0.304 e. The Morgan fingerprint density at radius 1 is 1.39 bits per heavy atom. The summed E-state index contributed by atoms with van der Waals surface area (Å²) in [5.74, 6) is 2.12. The van der Waals surface area contributed by atoms with Gasteiger partial charge in [0.15, 0.2) is 4.77 Å². The van der Waals surface area contributed by atoms with Gasteiger partial charge in [-0.2, -0.15) is 5.10 Å². The van der Waals surface area contributed by atoms with Crippen LogP contribution in [0.5, 0.6) is 0 Å². The zero-order valence-electron chi connectivity index (χ0n) is 10.1. The lowest BCUT2D eigenvalue weighted by atomic mass is 10.1. The molecule has 3 nitrogen and oxygen atoms in total. The van der Waals surface area contributed by atoms with Crippen molar-refractivity contribution in [1.82, 2.24) is 14.8 Å². The highest BCUT2D eigenvalue weighted by molar-refractivity contribution is 7.71. The van der Waals surface area contributed by atoms with Gasteiger partial charge < -0.3 is 4.57 Å². The predicted octanol–water partition coefficient (Wildman–Crippen LogP) is 3.89. The summed E-state index contributed by atoms with van der Waals surface area (Å²) in [6, 6.07) is 8.10. The Balaban J connectivity index is 1.85. The van der Waals surface area contributed by atoms with Gasteiger partial charge in [0.1, 0.15) is 5.82 Å². The van der Waals surface area contributed by atoms with E-state index in [0.29, 0.717) is 16.6 Å². The van der Waals surface area contributed by atoms with Crippen molar-refractivity contribution in [3.8, 4) is 0 Å². The smallest absolute Gasteiger partial charge is 0.195 e. The second kappa shape index (κ2) is 4.52. The number of benzene rings is 1. The van der Waals surface area contributed by atoms with Crippen molar-refractivity contribution in [3.05, 3.63) is 45.4 Å². The molecule has 0 unspecified atom stereocenters. The van der Waals surface area contributed by atoms with E-state index in [1.807, 2.05) is 12.1 Å². The predicted molar refractivity (Wildman–Crippen MR) is 74.6 cm³/mol. The van der Waals surface area contributed by atoms with E-state index in [4.69, 9.17) is 23.8 Å². The Labute approximate surface area is 116 Å².